The molecular formula is C45H51N11O8S2. The molecule has 0 spiro atoms. The van der Waals surface area contributed by atoms with Gasteiger partial charge in [0.25, 0.3) is 31.9 Å². The maximum absolute atomic E-state index is 15.0. The molecule has 0 aliphatic carbocycles. The van der Waals surface area contributed by atoms with Crippen molar-refractivity contribution in [3.8, 4) is 11.8 Å². The van der Waals surface area contributed by atoms with E-state index in [1.165, 1.54) is 48.7 Å². The van der Waals surface area contributed by atoms with E-state index in [0.29, 0.717) is 33.6 Å². The molecule has 1 aliphatic rings. The van der Waals surface area contributed by atoms with E-state index in [4.69, 9.17) is 9.47 Å². The second-order valence-corrected chi connectivity index (χ2v) is 19.4. The number of ether oxygens (including phenoxy) is 2. The van der Waals surface area contributed by atoms with Crippen LogP contribution in [0.2, 0.25) is 0 Å². The number of nitrogens with zero attached hydrogens (tertiary/aromatic N) is 8. The summed E-state index contributed by atoms with van der Waals surface area (Å²) in [5.74, 6) is -1.15. The Bertz CT molecular complexity index is 2990. The van der Waals surface area contributed by atoms with Crippen LogP contribution in [-0.2, 0) is 27.1 Å². The molecule has 3 N–H and O–H groups in total. The first-order valence-electron chi connectivity index (χ1n) is 20.7. The Morgan fingerprint density at radius 3 is 1.88 bits per heavy atom. The number of carbonyl (C=O) groups excluding carboxylic acids is 2. The summed E-state index contributed by atoms with van der Waals surface area (Å²) in [5, 5.41) is 9.52. The number of carbonyl (C=O) groups is 2. The Morgan fingerprint density at radius 1 is 0.712 bits per heavy atom. The molecule has 0 unspecified atom stereocenters. The highest BCUT2D eigenvalue weighted by atomic mass is 32.2. The molecule has 0 bridgehead atoms. The summed E-state index contributed by atoms with van der Waals surface area (Å²) >= 11 is 0. The number of para-hydroxylation sites is 2. The van der Waals surface area contributed by atoms with Gasteiger partial charge in [-0.2, -0.15) is 5.10 Å². The van der Waals surface area contributed by atoms with E-state index in [1.807, 2.05) is 0 Å². The molecule has 346 valence electrons. The quantitative estimate of drug-likeness (QED) is 0.109. The summed E-state index contributed by atoms with van der Waals surface area (Å²) in [7, 11) is -4.28. The fraction of sp³-hybridized carbons (Fsp3) is 0.289. The number of aromatic nitrogens is 5. The lowest BCUT2D eigenvalue weighted by atomic mass is 10.1. The van der Waals surface area contributed by atoms with Crippen LogP contribution in [-0.4, -0.2) is 105 Å². The lowest BCUT2D eigenvalue weighted by Crippen LogP contribution is -2.44. The van der Waals surface area contributed by atoms with Crippen molar-refractivity contribution in [2.24, 2.45) is 7.05 Å². The van der Waals surface area contributed by atoms with Gasteiger partial charge in [0, 0.05) is 45.1 Å². The van der Waals surface area contributed by atoms with Crippen molar-refractivity contribution in [3.05, 3.63) is 125 Å². The number of pyridine rings is 3. The zero-order valence-electron chi connectivity index (χ0n) is 37.8. The molecule has 7 rings (SSSR count). The third-order valence-electron chi connectivity index (χ3n) is 11.2. The fourth-order valence-corrected chi connectivity index (χ4v) is 10.3. The van der Waals surface area contributed by atoms with E-state index in [-0.39, 0.29) is 34.1 Å². The Morgan fingerprint density at radius 2 is 1.30 bits per heavy atom. The van der Waals surface area contributed by atoms with E-state index >= 15 is 8.42 Å². The molecule has 0 saturated carbocycles. The number of methoxy groups -OCH3 is 1. The van der Waals surface area contributed by atoms with Gasteiger partial charge >= 0.3 is 0 Å². The van der Waals surface area contributed by atoms with Crippen LogP contribution in [0.25, 0.3) is 0 Å². The number of piperazine rings is 1. The zero-order valence-corrected chi connectivity index (χ0v) is 39.4. The van der Waals surface area contributed by atoms with Crippen molar-refractivity contribution in [2.45, 2.75) is 44.4 Å². The first-order chi connectivity index (χ1) is 31.4. The number of likely N-dealkylation sites (N-methyl/N-ethyl adjacent to an activating group) is 1. The van der Waals surface area contributed by atoms with Gasteiger partial charge in [0.1, 0.15) is 5.82 Å². The van der Waals surface area contributed by atoms with Crippen molar-refractivity contribution < 1.29 is 35.9 Å². The molecule has 4 aromatic heterocycles. The first-order valence-corrected chi connectivity index (χ1v) is 23.7. The second kappa shape index (κ2) is 19.2. The number of aryl methyl sites for hydroxylation is 5. The van der Waals surface area contributed by atoms with Crippen LogP contribution in [0, 0.1) is 34.6 Å². The zero-order chi connectivity index (χ0) is 47.5. The summed E-state index contributed by atoms with van der Waals surface area (Å²) in [4.78, 5) is 43.3. The van der Waals surface area contributed by atoms with Crippen LogP contribution >= 0.6 is 0 Å². The van der Waals surface area contributed by atoms with Crippen LogP contribution in [0.5, 0.6) is 11.8 Å². The Hall–Kier alpha value is -7.10. The largest absolute Gasteiger partial charge is 0.480 e. The maximum Gasteiger partial charge on any atom is 0.272 e. The number of hydrogen-bond donors (Lipinski definition) is 3. The van der Waals surface area contributed by atoms with Crippen LogP contribution in [0.15, 0.2) is 95.2 Å². The molecular weight excluding hydrogens is 887 g/mol. The van der Waals surface area contributed by atoms with E-state index in [1.54, 1.807) is 90.2 Å². The third-order valence-corrected chi connectivity index (χ3v) is 14.3. The van der Waals surface area contributed by atoms with Crippen LogP contribution in [0.1, 0.15) is 48.7 Å². The SMILES string of the molecule is COc1ncc(NC(=O)c2cnn(C)c2C)cc1S(=O)(=O)N(COc1ncc(NC(=O)c2ccc(N3CCN(C)CC3)nc2)cc1S(=O)(=O)Nc1c(C)cccc1C)c1c(C)cccc1C. The summed E-state index contributed by atoms with van der Waals surface area (Å²) < 4.78 is 75.7. The van der Waals surface area contributed by atoms with Crippen molar-refractivity contribution in [3.63, 3.8) is 0 Å². The molecule has 1 saturated heterocycles. The van der Waals surface area contributed by atoms with Gasteiger partial charge in [-0.05, 0) is 88.2 Å². The molecule has 66 heavy (non-hydrogen) atoms. The molecule has 1 fully saturated rings. The van der Waals surface area contributed by atoms with Gasteiger partial charge in [0.05, 0.1) is 59.6 Å². The molecule has 6 aromatic rings. The van der Waals surface area contributed by atoms with Crippen LogP contribution in [0.3, 0.4) is 0 Å². The number of nitrogens with one attached hydrogen (secondary N) is 3. The molecule has 0 atom stereocenters. The van der Waals surface area contributed by atoms with Crippen LogP contribution < -0.4 is 34.0 Å². The summed E-state index contributed by atoms with van der Waals surface area (Å²) in [5.41, 5.74) is 3.99. The minimum atomic E-state index is -4.72. The van der Waals surface area contributed by atoms with E-state index in [0.717, 1.165) is 36.3 Å². The highest BCUT2D eigenvalue weighted by Crippen LogP contribution is 2.36. The predicted octanol–water partition coefficient (Wildman–Crippen LogP) is 5.44. The molecule has 21 heteroatoms. The summed E-state index contributed by atoms with van der Waals surface area (Å²) in [6.07, 6.45) is 5.31. The molecule has 5 heterocycles. The number of benzene rings is 2. The smallest absolute Gasteiger partial charge is 0.272 e. The van der Waals surface area contributed by atoms with Gasteiger partial charge in [-0.3, -0.25) is 19.0 Å². The summed E-state index contributed by atoms with van der Waals surface area (Å²) in [6.45, 7) is 11.2. The van der Waals surface area contributed by atoms with Gasteiger partial charge in [0.2, 0.25) is 11.8 Å². The number of sulfonamides is 2. The minimum absolute atomic E-state index is 0.00718. The Labute approximate surface area is 383 Å². The summed E-state index contributed by atoms with van der Waals surface area (Å²) in [6, 6.07) is 16.3. The van der Waals surface area contributed by atoms with E-state index in [2.05, 4.69) is 52.3 Å². The average molecular weight is 938 g/mol. The van der Waals surface area contributed by atoms with Crippen molar-refractivity contribution >= 4 is 60.4 Å². The van der Waals surface area contributed by atoms with Crippen molar-refractivity contribution in [1.82, 2.24) is 29.6 Å². The maximum atomic E-state index is 15.0. The predicted molar refractivity (Wildman–Crippen MR) is 251 cm³/mol. The Balaban J connectivity index is 1.24. The van der Waals surface area contributed by atoms with E-state index in [9.17, 15) is 18.0 Å². The standard InChI is InChI=1S/C45H51N11O8S2/c1-28-11-9-12-29(2)40(28)52-65(59,60)37-21-34(50-42(57)33-15-16-39(46-23-33)55-19-17-53(6)18-20-55)25-48-45(37)64-27-56(41-30(3)13-10-14-31(41)4)66(61,62)38-22-35(24-47-44(38)63-8)51-43(58)36-26-49-54(7)32(36)5/h9-16,21-26,52H,17-20,27H2,1-8H3,(H,50,57)(H,51,58). The molecule has 2 amide bonds. The first kappa shape index (κ1) is 46.9. The normalized spacial score (nSPS) is 13.2. The fourth-order valence-electron chi connectivity index (χ4n) is 7.36. The lowest BCUT2D eigenvalue weighted by molar-refractivity contribution is 0.101. The highest BCUT2D eigenvalue weighted by Gasteiger charge is 2.34. The van der Waals surface area contributed by atoms with Crippen molar-refractivity contribution in [1.29, 1.82) is 0 Å². The van der Waals surface area contributed by atoms with Gasteiger partial charge in [0.15, 0.2) is 16.5 Å². The monoisotopic (exact) mass is 937 g/mol. The molecule has 0 radical (unpaired) electrons. The minimum Gasteiger partial charge on any atom is -0.480 e. The van der Waals surface area contributed by atoms with Crippen LogP contribution in [0.4, 0.5) is 28.6 Å². The number of hydrogen-bond acceptors (Lipinski definition) is 14. The molecule has 2 aromatic carbocycles. The van der Waals surface area contributed by atoms with E-state index < -0.39 is 54.3 Å². The number of amides is 2. The number of anilines is 5. The van der Waals surface area contributed by atoms with Crippen molar-refractivity contribution in [2.75, 3.05) is 71.6 Å². The Kier molecular flexibility index (Phi) is 13.6. The second-order valence-electron chi connectivity index (χ2n) is 15.9. The highest BCUT2D eigenvalue weighted by molar-refractivity contribution is 7.93. The third kappa shape index (κ3) is 9.92. The molecule has 19 nitrogen and oxygen atoms in total. The van der Waals surface area contributed by atoms with Gasteiger partial charge in [-0.1, -0.05) is 36.4 Å². The topological polar surface area (TPSA) is 223 Å². The molecule has 1 aliphatic heterocycles. The van der Waals surface area contributed by atoms with Gasteiger partial charge in [-0.25, -0.2) is 36.1 Å². The van der Waals surface area contributed by atoms with Gasteiger partial charge < -0.3 is 29.9 Å². The number of rotatable bonds is 15. The van der Waals surface area contributed by atoms with Gasteiger partial charge in [-0.15, -0.1) is 0 Å². The average Bonchev–Trinajstić information content (AvgIpc) is 3.63. The lowest BCUT2D eigenvalue weighted by Gasteiger charge is -2.33.